The fraction of sp³-hybridized carbons (Fsp3) is 0.526. The Bertz CT molecular complexity index is 874. The Morgan fingerprint density at radius 2 is 2.30 bits per heavy atom. The van der Waals surface area contributed by atoms with E-state index in [1.54, 1.807) is 25.1 Å². The van der Waals surface area contributed by atoms with Gasteiger partial charge in [0.15, 0.2) is 5.16 Å². The Kier molecular flexibility index (Phi) is 6.51. The lowest BCUT2D eigenvalue weighted by molar-refractivity contribution is 0.0315. The Hall–Kier alpha value is -1.90. The largest absolute Gasteiger partial charge is 0.465 e. The fourth-order valence-electron chi connectivity index (χ4n) is 3.09. The molecule has 0 unspecified atom stereocenters. The zero-order chi connectivity index (χ0) is 19.4. The van der Waals surface area contributed by atoms with Gasteiger partial charge in [-0.05, 0) is 44.4 Å². The number of rotatable bonds is 6. The molecule has 0 radical (unpaired) electrons. The molecule has 1 N–H and O–H groups in total. The molecule has 2 atom stereocenters. The second-order valence-electron chi connectivity index (χ2n) is 6.68. The first-order valence-corrected chi connectivity index (χ1v) is 10.0. The minimum absolute atomic E-state index is 0.137. The lowest BCUT2D eigenvalue weighted by atomic mass is 10.1. The third-order valence-corrected chi connectivity index (χ3v) is 5.57. The van der Waals surface area contributed by atoms with Crippen LogP contribution in [0, 0.1) is 0 Å². The van der Waals surface area contributed by atoms with Gasteiger partial charge in [0.2, 0.25) is 0 Å². The maximum absolute atomic E-state index is 12.9. The van der Waals surface area contributed by atoms with Crippen LogP contribution in [0.2, 0.25) is 0 Å². The summed E-state index contributed by atoms with van der Waals surface area (Å²) < 4.78 is 12.0. The van der Waals surface area contributed by atoms with Crippen LogP contribution in [0.5, 0.6) is 0 Å². The summed E-state index contributed by atoms with van der Waals surface area (Å²) in [4.78, 5) is 29.3. The average molecular weight is 392 g/mol. The van der Waals surface area contributed by atoms with Crippen molar-refractivity contribution < 1.29 is 19.4 Å². The van der Waals surface area contributed by atoms with Crippen molar-refractivity contribution in [3.63, 3.8) is 0 Å². The van der Waals surface area contributed by atoms with E-state index in [9.17, 15) is 14.7 Å². The molecule has 0 spiro atoms. The van der Waals surface area contributed by atoms with Crippen molar-refractivity contribution in [1.29, 1.82) is 0 Å². The van der Waals surface area contributed by atoms with Crippen LogP contribution >= 0.6 is 11.8 Å². The molecular weight excluding hydrogens is 368 g/mol. The van der Waals surface area contributed by atoms with Gasteiger partial charge in [0.25, 0.3) is 5.56 Å². The van der Waals surface area contributed by atoms with Crippen molar-refractivity contribution in [2.24, 2.45) is 0 Å². The first-order valence-electron chi connectivity index (χ1n) is 9.05. The number of aliphatic hydroxyl groups is 1. The molecule has 1 aliphatic heterocycles. The minimum atomic E-state index is -0.679. The van der Waals surface area contributed by atoms with E-state index in [0.717, 1.165) is 25.9 Å². The number of hydrogen-bond acceptors (Lipinski definition) is 7. The van der Waals surface area contributed by atoms with E-state index in [1.807, 2.05) is 0 Å². The van der Waals surface area contributed by atoms with E-state index in [0.29, 0.717) is 27.4 Å². The number of thioether (sulfide) groups is 1. The molecule has 0 amide bonds. The first-order chi connectivity index (χ1) is 13.0. The SMILES string of the molecule is COC(=O)c1ccc2c(=O)n(C[C@@H](C)O)c(SC[C@H]3CCCCO3)nc2c1. The normalized spacial score (nSPS) is 18.4. The first kappa shape index (κ1) is 19.9. The van der Waals surface area contributed by atoms with Crippen molar-refractivity contribution in [3.8, 4) is 0 Å². The minimum Gasteiger partial charge on any atom is -0.465 e. The van der Waals surface area contributed by atoms with Gasteiger partial charge < -0.3 is 14.6 Å². The number of carbonyl (C=O) groups excluding carboxylic acids is 1. The summed E-state index contributed by atoms with van der Waals surface area (Å²) in [5.41, 5.74) is 0.554. The maximum Gasteiger partial charge on any atom is 0.337 e. The molecule has 3 rings (SSSR count). The van der Waals surface area contributed by atoms with Crippen molar-refractivity contribution >= 4 is 28.6 Å². The summed E-state index contributed by atoms with van der Waals surface area (Å²) in [5, 5.41) is 10.7. The van der Waals surface area contributed by atoms with Crippen molar-refractivity contribution in [2.75, 3.05) is 19.5 Å². The number of aliphatic hydroxyl groups excluding tert-OH is 1. The molecule has 1 fully saturated rings. The molecule has 2 heterocycles. The van der Waals surface area contributed by atoms with Gasteiger partial charge in [0, 0.05) is 12.4 Å². The van der Waals surface area contributed by atoms with Crippen LogP contribution in [0.25, 0.3) is 10.9 Å². The quantitative estimate of drug-likeness (QED) is 0.458. The topological polar surface area (TPSA) is 90.7 Å². The van der Waals surface area contributed by atoms with E-state index in [-0.39, 0.29) is 18.2 Å². The van der Waals surface area contributed by atoms with E-state index in [4.69, 9.17) is 9.47 Å². The Labute approximate surface area is 161 Å². The number of fused-ring (bicyclic) bond motifs is 1. The number of nitrogens with zero attached hydrogens (tertiary/aromatic N) is 2. The van der Waals surface area contributed by atoms with Crippen LogP contribution in [-0.4, -0.2) is 52.3 Å². The van der Waals surface area contributed by atoms with Crippen LogP contribution in [0.1, 0.15) is 36.5 Å². The molecule has 1 aromatic heterocycles. The van der Waals surface area contributed by atoms with Crippen molar-refractivity contribution in [3.05, 3.63) is 34.1 Å². The number of ether oxygens (including phenoxy) is 2. The summed E-state index contributed by atoms with van der Waals surface area (Å²) in [6.45, 7) is 2.56. The number of benzene rings is 1. The fourth-order valence-corrected chi connectivity index (χ4v) is 4.16. The van der Waals surface area contributed by atoms with E-state index < -0.39 is 12.1 Å². The second kappa shape index (κ2) is 8.86. The molecule has 1 saturated heterocycles. The highest BCUT2D eigenvalue weighted by Gasteiger charge is 2.19. The Morgan fingerprint density at radius 3 is 2.96 bits per heavy atom. The predicted octanol–water partition coefficient (Wildman–Crippen LogP) is 2.23. The van der Waals surface area contributed by atoms with Crippen LogP contribution in [-0.2, 0) is 16.0 Å². The molecule has 2 aromatic rings. The summed E-state index contributed by atoms with van der Waals surface area (Å²) in [5.74, 6) is 0.214. The van der Waals surface area contributed by atoms with Gasteiger partial charge in [-0.2, -0.15) is 0 Å². The molecule has 7 nitrogen and oxygen atoms in total. The van der Waals surface area contributed by atoms with Crippen LogP contribution in [0.3, 0.4) is 0 Å². The second-order valence-corrected chi connectivity index (χ2v) is 7.67. The third kappa shape index (κ3) is 4.69. The molecule has 146 valence electrons. The number of methoxy groups -OCH3 is 1. The maximum atomic E-state index is 12.9. The van der Waals surface area contributed by atoms with Crippen LogP contribution in [0.15, 0.2) is 28.2 Å². The highest BCUT2D eigenvalue weighted by molar-refractivity contribution is 7.99. The summed E-state index contributed by atoms with van der Waals surface area (Å²) in [7, 11) is 1.31. The summed E-state index contributed by atoms with van der Waals surface area (Å²) >= 11 is 1.44. The average Bonchev–Trinajstić information content (AvgIpc) is 2.68. The highest BCUT2D eigenvalue weighted by atomic mass is 32.2. The Balaban J connectivity index is 1.98. The predicted molar refractivity (Wildman–Crippen MR) is 103 cm³/mol. The zero-order valence-electron chi connectivity index (χ0n) is 15.5. The molecule has 0 saturated carbocycles. The number of aromatic nitrogens is 2. The number of hydrogen-bond donors (Lipinski definition) is 1. The van der Waals surface area contributed by atoms with Gasteiger partial charge in [-0.1, -0.05) is 11.8 Å². The third-order valence-electron chi connectivity index (χ3n) is 4.46. The smallest absolute Gasteiger partial charge is 0.337 e. The van der Waals surface area contributed by atoms with Crippen LogP contribution < -0.4 is 5.56 Å². The van der Waals surface area contributed by atoms with Gasteiger partial charge in [-0.3, -0.25) is 9.36 Å². The van der Waals surface area contributed by atoms with E-state index in [1.165, 1.54) is 23.4 Å². The van der Waals surface area contributed by atoms with Crippen LogP contribution in [0.4, 0.5) is 0 Å². The van der Waals surface area contributed by atoms with Gasteiger partial charge in [-0.25, -0.2) is 9.78 Å². The van der Waals surface area contributed by atoms with Gasteiger partial charge >= 0.3 is 5.97 Å². The standard InChI is InChI=1S/C19H24N2O5S/c1-12(22)10-21-17(23)15-7-6-13(18(24)25-2)9-16(15)20-19(21)27-11-14-5-3-4-8-26-14/h6-7,9,12,14,22H,3-5,8,10-11H2,1-2H3/t12-,14-/m1/s1. The summed E-state index contributed by atoms with van der Waals surface area (Å²) in [6.07, 6.45) is 2.67. The number of carbonyl (C=O) groups is 1. The molecule has 8 heteroatoms. The van der Waals surface area contributed by atoms with Crippen molar-refractivity contribution in [2.45, 2.75) is 50.1 Å². The van der Waals surface area contributed by atoms with E-state index >= 15 is 0 Å². The molecular formula is C19H24N2O5S. The molecule has 27 heavy (non-hydrogen) atoms. The van der Waals surface area contributed by atoms with E-state index in [2.05, 4.69) is 4.98 Å². The van der Waals surface area contributed by atoms with Gasteiger partial charge in [0.05, 0.1) is 42.3 Å². The lowest BCUT2D eigenvalue weighted by Crippen LogP contribution is -2.29. The summed E-state index contributed by atoms with van der Waals surface area (Å²) in [6, 6.07) is 4.69. The van der Waals surface area contributed by atoms with Crippen molar-refractivity contribution in [1.82, 2.24) is 9.55 Å². The molecule has 0 bridgehead atoms. The highest BCUT2D eigenvalue weighted by Crippen LogP contribution is 2.24. The molecule has 0 aliphatic carbocycles. The van der Waals surface area contributed by atoms with Gasteiger partial charge in [0.1, 0.15) is 0 Å². The van der Waals surface area contributed by atoms with Gasteiger partial charge in [-0.15, -0.1) is 0 Å². The molecule has 1 aromatic carbocycles. The Morgan fingerprint density at radius 1 is 1.48 bits per heavy atom. The zero-order valence-corrected chi connectivity index (χ0v) is 16.3. The lowest BCUT2D eigenvalue weighted by Gasteiger charge is -2.22. The number of esters is 1. The monoisotopic (exact) mass is 392 g/mol. The molecule has 1 aliphatic rings.